The molecule has 1 aliphatic rings. The Kier molecular flexibility index (Phi) is 7.46. The summed E-state index contributed by atoms with van der Waals surface area (Å²) in [7, 11) is -3.54. The van der Waals surface area contributed by atoms with Crippen LogP contribution >= 0.6 is 0 Å². The molecule has 1 aromatic rings. The van der Waals surface area contributed by atoms with Crippen molar-refractivity contribution in [3.05, 3.63) is 29.3 Å². The van der Waals surface area contributed by atoms with E-state index in [-0.39, 0.29) is 12.5 Å². The molecule has 0 aromatic heterocycles. The zero-order valence-corrected chi connectivity index (χ0v) is 16.9. The average Bonchev–Trinajstić information content (AvgIpc) is 2.59. The zero-order chi connectivity index (χ0) is 19.2. The number of carbonyl (C=O) groups is 1. The van der Waals surface area contributed by atoms with Crippen LogP contribution in [0.1, 0.15) is 36.8 Å². The Bertz CT molecular complexity index is 713. The van der Waals surface area contributed by atoms with Gasteiger partial charge in [0, 0.05) is 6.54 Å². The van der Waals surface area contributed by atoms with E-state index >= 15 is 0 Å². The third kappa shape index (κ3) is 5.99. The monoisotopic (exact) mass is 381 g/mol. The van der Waals surface area contributed by atoms with E-state index in [9.17, 15) is 13.2 Å². The fraction of sp³-hybridized carbons (Fsp3) is 0.632. The van der Waals surface area contributed by atoms with E-state index in [1.807, 2.05) is 26.0 Å². The highest BCUT2D eigenvalue weighted by Crippen LogP contribution is 2.24. The highest BCUT2D eigenvalue weighted by atomic mass is 32.2. The molecule has 146 valence electrons. The van der Waals surface area contributed by atoms with Crippen molar-refractivity contribution >= 4 is 21.6 Å². The molecule has 0 aliphatic carbocycles. The summed E-state index contributed by atoms with van der Waals surface area (Å²) in [6.45, 7) is 7.45. The Hall–Kier alpha value is -1.60. The third-order valence-corrected chi connectivity index (χ3v) is 6.08. The molecule has 1 fully saturated rings. The van der Waals surface area contributed by atoms with Crippen LogP contribution in [-0.2, 0) is 14.8 Å². The summed E-state index contributed by atoms with van der Waals surface area (Å²) in [6.07, 6.45) is 5.84. The number of amides is 1. The second kappa shape index (κ2) is 9.37. The van der Waals surface area contributed by atoms with E-state index in [2.05, 4.69) is 10.2 Å². The molecule has 2 rings (SSSR count). The number of rotatable bonds is 8. The quantitative estimate of drug-likeness (QED) is 0.700. The van der Waals surface area contributed by atoms with Crippen LogP contribution in [0.4, 0.5) is 5.69 Å². The number of sulfonamides is 1. The molecule has 0 bridgehead atoms. The molecule has 0 radical (unpaired) electrons. The van der Waals surface area contributed by atoms with Crippen LogP contribution in [0.25, 0.3) is 0 Å². The Balaban J connectivity index is 1.89. The molecule has 6 nitrogen and oxygen atoms in total. The van der Waals surface area contributed by atoms with Crippen LogP contribution in [0.5, 0.6) is 0 Å². The molecule has 1 amide bonds. The summed E-state index contributed by atoms with van der Waals surface area (Å²) >= 11 is 0. The van der Waals surface area contributed by atoms with E-state index < -0.39 is 10.0 Å². The van der Waals surface area contributed by atoms with Crippen LogP contribution in [0.15, 0.2) is 18.2 Å². The number of aryl methyl sites for hydroxylation is 1. The molecule has 1 aromatic carbocycles. The SMILES string of the molecule is Cc1cccc(N(CC(=O)NCCCN2CCCCC2)S(C)(=O)=O)c1C. The highest BCUT2D eigenvalue weighted by Gasteiger charge is 2.22. The minimum atomic E-state index is -3.54. The first kappa shape index (κ1) is 20.7. The largest absolute Gasteiger partial charge is 0.354 e. The van der Waals surface area contributed by atoms with Gasteiger partial charge >= 0.3 is 0 Å². The van der Waals surface area contributed by atoms with Gasteiger partial charge < -0.3 is 10.2 Å². The van der Waals surface area contributed by atoms with Crippen molar-refractivity contribution in [1.82, 2.24) is 10.2 Å². The zero-order valence-electron chi connectivity index (χ0n) is 16.1. The molecule has 0 saturated carbocycles. The molecule has 1 N–H and O–H groups in total. The van der Waals surface area contributed by atoms with Gasteiger partial charge in [-0.2, -0.15) is 0 Å². The predicted molar refractivity (Wildman–Crippen MR) is 106 cm³/mol. The number of nitrogens with zero attached hydrogens (tertiary/aromatic N) is 2. The highest BCUT2D eigenvalue weighted by molar-refractivity contribution is 7.92. The summed E-state index contributed by atoms with van der Waals surface area (Å²) in [5.41, 5.74) is 2.44. The molecule has 0 unspecified atom stereocenters. The number of nitrogens with one attached hydrogen (secondary N) is 1. The van der Waals surface area contributed by atoms with Gasteiger partial charge in [-0.15, -0.1) is 0 Å². The van der Waals surface area contributed by atoms with Crippen LogP contribution in [0.2, 0.25) is 0 Å². The lowest BCUT2D eigenvalue weighted by Crippen LogP contribution is -2.41. The van der Waals surface area contributed by atoms with Crippen molar-refractivity contribution in [2.24, 2.45) is 0 Å². The van der Waals surface area contributed by atoms with Crippen LogP contribution in [-0.4, -0.2) is 58.2 Å². The van der Waals surface area contributed by atoms with Gasteiger partial charge in [0.05, 0.1) is 11.9 Å². The minimum Gasteiger partial charge on any atom is -0.354 e. The average molecular weight is 382 g/mol. The van der Waals surface area contributed by atoms with Gasteiger partial charge in [0.25, 0.3) is 0 Å². The van der Waals surface area contributed by atoms with E-state index in [1.54, 1.807) is 6.07 Å². The predicted octanol–water partition coefficient (Wildman–Crippen LogP) is 2.06. The molecule has 0 atom stereocenters. The summed E-state index contributed by atoms with van der Waals surface area (Å²) in [6, 6.07) is 5.49. The minimum absolute atomic E-state index is 0.188. The molecule has 1 aliphatic heterocycles. The van der Waals surface area contributed by atoms with Crippen molar-refractivity contribution in [1.29, 1.82) is 0 Å². The van der Waals surface area contributed by atoms with Gasteiger partial charge in [-0.1, -0.05) is 18.6 Å². The molecule has 0 spiro atoms. The first-order valence-corrected chi connectivity index (χ1v) is 11.2. The fourth-order valence-corrected chi connectivity index (χ4v) is 4.19. The Morgan fingerprint density at radius 2 is 1.88 bits per heavy atom. The number of anilines is 1. The lowest BCUT2D eigenvalue weighted by atomic mass is 10.1. The second-order valence-corrected chi connectivity index (χ2v) is 9.00. The van der Waals surface area contributed by atoms with Gasteiger partial charge in [-0.3, -0.25) is 9.10 Å². The van der Waals surface area contributed by atoms with E-state index in [0.29, 0.717) is 12.2 Å². The van der Waals surface area contributed by atoms with Crippen LogP contribution in [0, 0.1) is 13.8 Å². The number of piperidine rings is 1. The Morgan fingerprint density at radius 1 is 1.19 bits per heavy atom. The normalized spacial score (nSPS) is 15.7. The maximum atomic E-state index is 12.3. The number of benzene rings is 1. The van der Waals surface area contributed by atoms with E-state index in [4.69, 9.17) is 0 Å². The molecular formula is C19H31N3O3S. The maximum absolute atomic E-state index is 12.3. The van der Waals surface area contributed by atoms with E-state index in [1.165, 1.54) is 23.6 Å². The van der Waals surface area contributed by atoms with Crippen LogP contribution in [0.3, 0.4) is 0 Å². The Labute approximate surface area is 157 Å². The summed E-state index contributed by atoms with van der Waals surface area (Å²) < 4.78 is 25.6. The number of likely N-dealkylation sites (tertiary alicyclic amines) is 1. The van der Waals surface area contributed by atoms with Crippen molar-refractivity contribution in [2.75, 3.05) is 43.3 Å². The number of carbonyl (C=O) groups excluding carboxylic acids is 1. The standard InChI is InChI=1S/C19H31N3O3S/c1-16-9-7-10-18(17(16)2)22(26(3,24)25)15-19(23)20-11-8-14-21-12-5-4-6-13-21/h7,9-10H,4-6,8,11-15H2,1-3H3,(H,20,23). The van der Waals surface area contributed by atoms with Gasteiger partial charge in [-0.25, -0.2) is 8.42 Å². The van der Waals surface area contributed by atoms with Gasteiger partial charge in [0.1, 0.15) is 6.54 Å². The van der Waals surface area contributed by atoms with Gasteiger partial charge in [-0.05, 0) is 69.9 Å². The lowest BCUT2D eigenvalue weighted by Gasteiger charge is -2.26. The topological polar surface area (TPSA) is 69.7 Å². The summed E-state index contributed by atoms with van der Waals surface area (Å²) in [5.74, 6) is -0.269. The smallest absolute Gasteiger partial charge is 0.240 e. The number of hydrogen-bond donors (Lipinski definition) is 1. The Morgan fingerprint density at radius 3 is 2.54 bits per heavy atom. The van der Waals surface area contributed by atoms with Gasteiger partial charge in [0.15, 0.2) is 0 Å². The first-order chi connectivity index (χ1) is 12.3. The third-order valence-electron chi connectivity index (χ3n) is 4.95. The lowest BCUT2D eigenvalue weighted by molar-refractivity contribution is -0.119. The summed E-state index contributed by atoms with van der Waals surface area (Å²) in [5, 5.41) is 2.86. The fourth-order valence-electron chi connectivity index (χ4n) is 3.29. The molecule has 7 heteroatoms. The van der Waals surface area contributed by atoms with Gasteiger partial charge in [0.2, 0.25) is 15.9 Å². The molecule has 1 saturated heterocycles. The second-order valence-electron chi connectivity index (χ2n) is 7.09. The van der Waals surface area contributed by atoms with Crippen molar-refractivity contribution in [2.45, 2.75) is 39.5 Å². The summed E-state index contributed by atoms with van der Waals surface area (Å²) in [4.78, 5) is 14.7. The van der Waals surface area contributed by atoms with E-state index in [0.717, 1.165) is 43.4 Å². The molecule has 1 heterocycles. The maximum Gasteiger partial charge on any atom is 0.240 e. The van der Waals surface area contributed by atoms with Crippen LogP contribution < -0.4 is 9.62 Å². The van der Waals surface area contributed by atoms with Crippen molar-refractivity contribution < 1.29 is 13.2 Å². The molecular weight excluding hydrogens is 350 g/mol. The van der Waals surface area contributed by atoms with Crippen molar-refractivity contribution in [3.63, 3.8) is 0 Å². The first-order valence-electron chi connectivity index (χ1n) is 9.32. The van der Waals surface area contributed by atoms with Crippen molar-refractivity contribution in [3.8, 4) is 0 Å². The molecule has 26 heavy (non-hydrogen) atoms. The number of hydrogen-bond acceptors (Lipinski definition) is 4.